The van der Waals surface area contributed by atoms with E-state index in [2.05, 4.69) is 4.98 Å². The van der Waals surface area contributed by atoms with E-state index in [0.29, 0.717) is 44.0 Å². The minimum atomic E-state index is -4.17. The summed E-state index contributed by atoms with van der Waals surface area (Å²) in [6.45, 7) is 3.41. The van der Waals surface area contributed by atoms with E-state index < -0.39 is 12.1 Å². The van der Waals surface area contributed by atoms with Crippen molar-refractivity contribution in [2.24, 2.45) is 17.3 Å². The number of carbonyl (C=O) groups excluding carboxylic acids is 2. The lowest BCUT2D eigenvalue weighted by Gasteiger charge is -2.32. The van der Waals surface area contributed by atoms with Gasteiger partial charge < -0.3 is 9.64 Å². The maximum absolute atomic E-state index is 13.0. The van der Waals surface area contributed by atoms with E-state index in [0.717, 1.165) is 12.0 Å². The van der Waals surface area contributed by atoms with Gasteiger partial charge in [0.1, 0.15) is 11.4 Å². The van der Waals surface area contributed by atoms with E-state index in [-0.39, 0.29) is 48.7 Å². The molecule has 1 aromatic carbocycles. The van der Waals surface area contributed by atoms with Crippen LogP contribution >= 0.6 is 0 Å². The number of pyridine rings is 1. The van der Waals surface area contributed by atoms with E-state index in [1.165, 1.54) is 0 Å². The third-order valence-corrected chi connectivity index (χ3v) is 7.50. The fraction of sp³-hybridized carbons (Fsp3) is 0.536. The highest BCUT2D eigenvalue weighted by molar-refractivity contribution is 5.96. The smallest absolute Gasteiger partial charge is 0.391 e. The summed E-state index contributed by atoms with van der Waals surface area (Å²) in [7, 11) is 0. The molecular weight excluding hydrogens is 469 g/mol. The number of aryl methyl sites for hydroxylation is 1. The van der Waals surface area contributed by atoms with Crippen molar-refractivity contribution in [1.29, 1.82) is 0 Å². The van der Waals surface area contributed by atoms with Gasteiger partial charge in [0, 0.05) is 37.0 Å². The Morgan fingerprint density at radius 3 is 2.50 bits per heavy atom. The van der Waals surface area contributed by atoms with Crippen LogP contribution in [-0.2, 0) is 11.2 Å². The molecule has 2 fully saturated rings. The van der Waals surface area contributed by atoms with Crippen LogP contribution in [0.3, 0.4) is 0 Å². The third-order valence-electron chi connectivity index (χ3n) is 7.50. The second-order valence-corrected chi connectivity index (χ2v) is 10.5. The van der Waals surface area contributed by atoms with Crippen molar-refractivity contribution < 1.29 is 27.5 Å². The Morgan fingerprint density at radius 2 is 1.81 bits per heavy atom. The summed E-state index contributed by atoms with van der Waals surface area (Å²) >= 11 is 0. The first-order valence-electron chi connectivity index (χ1n) is 12.6. The zero-order valence-electron chi connectivity index (χ0n) is 20.6. The molecule has 1 atom stereocenters. The second kappa shape index (κ2) is 11.0. The molecule has 0 radical (unpaired) electrons. The molecule has 1 saturated heterocycles. The minimum Gasteiger partial charge on any atom is -0.491 e. The minimum absolute atomic E-state index is 0.0240. The van der Waals surface area contributed by atoms with Gasteiger partial charge in [-0.15, -0.1) is 0 Å². The number of hydrogen-bond acceptors (Lipinski definition) is 4. The second-order valence-electron chi connectivity index (χ2n) is 10.5. The molecule has 2 heterocycles. The number of alkyl halides is 3. The Morgan fingerprint density at radius 1 is 1.08 bits per heavy atom. The Kier molecular flexibility index (Phi) is 8.00. The summed E-state index contributed by atoms with van der Waals surface area (Å²) in [6, 6.07) is 13.3. The predicted molar refractivity (Wildman–Crippen MR) is 130 cm³/mol. The normalized spacial score (nSPS) is 24.5. The number of rotatable bonds is 8. The molecule has 4 rings (SSSR count). The lowest BCUT2D eigenvalue weighted by atomic mass is 9.81. The lowest BCUT2D eigenvalue weighted by Crippen LogP contribution is -2.39. The fourth-order valence-corrected chi connectivity index (χ4v) is 5.24. The van der Waals surface area contributed by atoms with Crippen LogP contribution in [0.5, 0.6) is 5.75 Å². The molecule has 1 aliphatic heterocycles. The molecular formula is C28H33F3N2O3. The summed E-state index contributed by atoms with van der Waals surface area (Å²) < 4.78 is 45.0. The highest BCUT2D eigenvalue weighted by Crippen LogP contribution is 2.41. The van der Waals surface area contributed by atoms with Crippen LogP contribution in [0.25, 0.3) is 0 Å². The first-order valence-corrected chi connectivity index (χ1v) is 12.6. The van der Waals surface area contributed by atoms with Gasteiger partial charge in [0.2, 0.25) is 5.91 Å². The monoisotopic (exact) mass is 502 g/mol. The van der Waals surface area contributed by atoms with Crippen LogP contribution in [0.1, 0.15) is 61.5 Å². The summed E-state index contributed by atoms with van der Waals surface area (Å²) in [5.41, 5.74) is 1.09. The molecule has 1 saturated carbocycles. The van der Waals surface area contributed by atoms with Crippen LogP contribution in [0.2, 0.25) is 0 Å². The van der Waals surface area contributed by atoms with Crippen LogP contribution in [-0.4, -0.2) is 47.4 Å². The molecule has 1 aromatic heterocycles. The predicted octanol–water partition coefficient (Wildman–Crippen LogP) is 5.88. The standard InChI is InChI=1S/C28H33F3N2O3/c1-27(15-17-33(18-27)26(35)21-10-12-22(13-11-21)28(29,30)31)19-36-24-8-5-16-32-25(24)23(34)14-9-20-6-3-2-4-7-20/h2-8,16,21-22H,9-15,17-19H2,1H3. The van der Waals surface area contributed by atoms with Crippen LogP contribution in [0.15, 0.2) is 48.7 Å². The number of carbonyl (C=O) groups is 2. The molecule has 1 amide bonds. The average Bonchev–Trinajstić information content (AvgIpc) is 3.28. The maximum Gasteiger partial charge on any atom is 0.391 e. The molecule has 1 unspecified atom stereocenters. The molecule has 2 aliphatic rings. The zero-order chi connectivity index (χ0) is 25.8. The summed E-state index contributed by atoms with van der Waals surface area (Å²) in [6.07, 6.45) is -0.295. The van der Waals surface area contributed by atoms with Crippen molar-refractivity contribution in [1.82, 2.24) is 9.88 Å². The van der Waals surface area contributed by atoms with Crippen molar-refractivity contribution in [3.8, 4) is 5.75 Å². The molecule has 36 heavy (non-hydrogen) atoms. The van der Waals surface area contributed by atoms with Gasteiger partial charge >= 0.3 is 6.18 Å². The highest BCUT2D eigenvalue weighted by Gasteiger charge is 2.44. The number of amides is 1. The molecule has 2 aromatic rings. The summed E-state index contributed by atoms with van der Waals surface area (Å²) in [4.78, 5) is 31.9. The van der Waals surface area contributed by atoms with Crippen molar-refractivity contribution in [2.75, 3.05) is 19.7 Å². The molecule has 0 N–H and O–H groups in total. The largest absolute Gasteiger partial charge is 0.491 e. The number of hydrogen-bond donors (Lipinski definition) is 0. The van der Waals surface area contributed by atoms with E-state index in [4.69, 9.17) is 4.74 Å². The van der Waals surface area contributed by atoms with Crippen LogP contribution in [0.4, 0.5) is 13.2 Å². The molecule has 5 nitrogen and oxygen atoms in total. The number of ether oxygens (including phenoxy) is 1. The number of Topliss-reactive ketones (excluding diaryl/α,β-unsaturated/α-hetero) is 1. The lowest BCUT2D eigenvalue weighted by molar-refractivity contribution is -0.185. The van der Waals surface area contributed by atoms with E-state index in [1.54, 1.807) is 23.2 Å². The van der Waals surface area contributed by atoms with Crippen molar-refractivity contribution in [2.45, 2.75) is 58.0 Å². The number of likely N-dealkylation sites (tertiary alicyclic amines) is 1. The molecule has 1 aliphatic carbocycles. The third kappa shape index (κ3) is 6.45. The van der Waals surface area contributed by atoms with Gasteiger partial charge in [-0.3, -0.25) is 9.59 Å². The highest BCUT2D eigenvalue weighted by atomic mass is 19.4. The quantitative estimate of drug-likeness (QED) is 0.423. The van der Waals surface area contributed by atoms with E-state index >= 15 is 0 Å². The maximum atomic E-state index is 13.0. The van der Waals surface area contributed by atoms with E-state index in [9.17, 15) is 22.8 Å². The number of ketones is 1. The fourth-order valence-electron chi connectivity index (χ4n) is 5.24. The first kappa shape index (κ1) is 26.2. The van der Waals surface area contributed by atoms with Gasteiger partial charge in [0.15, 0.2) is 5.78 Å². The number of benzene rings is 1. The number of nitrogens with zero attached hydrogens (tertiary/aromatic N) is 2. The van der Waals surface area contributed by atoms with Gasteiger partial charge in [-0.1, -0.05) is 37.3 Å². The topological polar surface area (TPSA) is 59.5 Å². The SMILES string of the molecule is CC1(COc2cccnc2C(=O)CCc2ccccc2)CCN(C(=O)C2CCC(C(F)(F)F)CC2)C1. The van der Waals surface area contributed by atoms with Crippen LogP contribution < -0.4 is 4.74 Å². The first-order chi connectivity index (χ1) is 17.1. The Hall–Kier alpha value is -2.90. The number of halogens is 3. The average molecular weight is 503 g/mol. The van der Waals surface area contributed by atoms with Gasteiger partial charge in [0.25, 0.3) is 0 Å². The van der Waals surface area contributed by atoms with Crippen molar-refractivity contribution in [3.63, 3.8) is 0 Å². The Labute approximate surface area is 210 Å². The van der Waals surface area contributed by atoms with Gasteiger partial charge in [0.05, 0.1) is 12.5 Å². The molecule has 0 bridgehead atoms. The van der Waals surface area contributed by atoms with Gasteiger partial charge in [-0.05, 0) is 56.2 Å². The van der Waals surface area contributed by atoms with Crippen molar-refractivity contribution >= 4 is 11.7 Å². The van der Waals surface area contributed by atoms with E-state index in [1.807, 2.05) is 37.3 Å². The summed E-state index contributed by atoms with van der Waals surface area (Å²) in [5.74, 6) is -1.32. The Bertz CT molecular complexity index is 1050. The number of aromatic nitrogens is 1. The zero-order valence-corrected chi connectivity index (χ0v) is 20.6. The molecule has 194 valence electrons. The van der Waals surface area contributed by atoms with Crippen molar-refractivity contribution in [3.05, 3.63) is 59.9 Å². The molecule has 8 heteroatoms. The van der Waals surface area contributed by atoms with Crippen LogP contribution in [0, 0.1) is 17.3 Å². The molecule has 0 spiro atoms. The summed E-state index contributed by atoms with van der Waals surface area (Å²) in [5, 5.41) is 0. The van der Waals surface area contributed by atoms with Gasteiger partial charge in [-0.2, -0.15) is 13.2 Å². The van der Waals surface area contributed by atoms with Gasteiger partial charge in [-0.25, -0.2) is 4.98 Å². The Balaban J connectivity index is 1.30.